The van der Waals surface area contributed by atoms with Crippen molar-refractivity contribution in [3.63, 3.8) is 0 Å². The molecule has 0 aliphatic carbocycles. The molecule has 116 valence electrons. The molecule has 22 heavy (non-hydrogen) atoms. The summed E-state index contributed by atoms with van der Waals surface area (Å²) in [5, 5.41) is 0. The average molecular weight is 430 g/mol. The van der Waals surface area contributed by atoms with Crippen LogP contribution in [0.25, 0.3) is 0 Å². The number of nitrogens with one attached hydrogen (secondary N) is 2. The van der Waals surface area contributed by atoms with E-state index in [1.807, 2.05) is 48.5 Å². The summed E-state index contributed by atoms with van der Waals surface area (Å²) in [6.45, 7) is 0. The third-order valence-electron chi connectivity index (χ3n) is 2.64. The first-order valence-corrected chi connectivity index (χ1v) is 9.81. The number of methoxy groups -OCH3 is 2. The minimum atomic E-state index is -0.147. The Morgan fingerprint density at radius 3 is 1.45 bits per heavy atom. The van der Waals surface area contributed by atoms with E-state index in [1.54, 1.807) is 14.2 Å². The number of hydrogen-bond donors (Lipinski definition) is 2. The fourth-order valence-electron chi connectivity index (χ4n) is 1.52. The van der Waals surface area contributed by atoms with Crippen LogP contribution in [0.1, 0.15) is 0 Å². The number of hydrogen-bond acceptors (Lipinski definition) is 3. The van der Waals surface area contributed by atoms with Crippen molar-refractivity contribution in [3.8, 4) is 11.5 Å². The Labute approximate surface area is 142 Å². The second-order valence-corrected chi connectivity index (χ2v) is 7.78. The van der Waals surface area contributed by atoms with E-state index < -0.39 is 0 Å². The fourth-order valence-corrected chi connectivity index (χ4v) is 4.09. The molecule has 0 saturated heterocycles. The summed E-state index contributed by atoms with van der Waals surface area (Å²) < 4.78 is 18.2. The standard InChI is InChI=1S/C15H16N2O3Se2/c1-19-11-3-7-13(8-4-11)21-16-15(18)17-22-14-9-5-12(20-2)6-10-14/h3-10H,1-2H3,(H2,16,17,18). The van der Waals surface area contributed by atoms with Crippen LogP contribution < -0.4 is 27.1 Å². The Balaban J connectivity index is 1.74. The second kappa shape index (κ2) is 8.71. The van der Waals surface area contributed by atoms with Gasteiger partial charge in [-0.05, 0) is 0 Å². The van der Waals surface area contributed by atoms with E-state index in [2.05, 4.69) is 8.67 Å². The number of carbonyl (C=O) groups excluding carboxylic acids is 1. The predicted octanol–water partition coefficient (Wildman–Crippen LogP) is 0.192. The van der Waals surface area contributed by atoms with Crippen molar-refractivity contribution in [2.75, 3.05) is 14.2 Å². The molecular weight excluding hydrogens is 414 g/mol. The fraction of sp³-hybridized carbons (Fsp3) is 0.133. The molecule has 0 atom stereocenters. The van der Waals surface area contributed by atoms with Gasteiger partial charge in [0.25, 0.3) is 0 Å². The minimum absolute atomic E-state index is 0.105. The first kappa shape index (κ1) is 16.7. The topological polar surface area (TPSA) is 59.6 Å². The number of urea groups is 1. The van der Waals surface area contributed by atoms with Crippen LogP contribution in [-0.2, 0) is 0 Å². The molecule has 2 aromatic carbocycles. The number of ether oxygens (including phenoxy) is 2. The molecule has 5 nitrogen and oxygen atoms in total. The molecule has 0 fully saturated rings. The summed E-state index contributed by atoms with van der Waals surface area (Å²) in [7, 11) is 3.26. The molecule has 0 aliphatic rings. The Kier molecular flexibility index (Phi) is 6.62. The summed E-state index contributed by atoms with van der Waals surface area (Å²) in [5.74, 6) is 1.62. The van der Waals surface area contributed by atoms with Gasteiger partial charge in [0.05, 0.1) is 0 Å². The first-order chi connectivity index (χ1) is 10.7. The van der Waals surface area contributed by atoms with E-state index in [4.69, 9.17) is 9.47 Å². The van der Waals surface area contributed by atoms with Crippen LogP contribution in [0.5, 0.6) is 11.5 Å². The van der Waals surface area contributed by atoms with Crippen molar-refractivity contribution in [1.82, 2.24) is 8.67 Å². The Hall–Kier alpha value is -1.65. The zero-order valence-electron chi connectivity index (χ0n) is 12.2. The van der Waals surface area contributed by atoms with Crippen LogP contribution in [-0.4, -0.2) is 50.6 Å². The number of carbonyl (C=O) groups is 1. The van der Waals surface area contributed by atoms with Gasteiger partial charge in [0.2, 0.25) is 0 Å². The normalized spacial score (nSPS) is 9.91. The van der Waals surface area contributed by atoms with E-state index >= 15 is 0 Å². The van der Waals surface area contributed by atoms with Crippen molar-refractivity contribution >= 4 is 45.3 Å². The van der Waals surface area contributed by atoms with Crippen LogP contribution in [0.4, 0.5) is 4.79 Å². The third kappa shape index (κ3) is 5.28. The van der Waals surface area contributed by atoms with Gasteiger partial charge in [-0.15, -0.1) is 0 Å². The van der Waals surface area contributed by atoms with Gasteiger partial charge in [-0.25, -0.2) is 0 Å². The Bertz CT molecular complexity index is 550. The zero-order valence-corrected chi connectivity index (χ0v) is 15.6. The van der Waals surface area contributed by atoms with E-state index in [-0.39, 0.29) is 36.4 Å². The SMILES string of the molecule is COc1ccc([Se]NC(=O)N[Se]c2ccc(OC)cc2)cc1. The second-order valence-electron chi connectivity index (χ2n) is 4.09. The van der Waals surface area contributed by atoms with Crippen LogP contribution in [0.2, 0.25) is 0 Å². The van der Waals surface area contributed by atoms with Crippen molar-refractivity contribution in [3.05, 3.63) is 48.5 Å². The molecule has 0 aliphatic heterocycles. The monoisotopic (exact) mass is 432 g/mol. The van der Waals surface area contributed by atoms with Crippen molar-refractivity contribution in [2.45, 2.75) is 0 Å². The van der Waals surface area contributed by atoms with E-state index in [9.17, 15) is 4.79 Å². The van der Waals surface area contributed by atoms with Gasteiger partial charge < -0.3 is 0 Å². The van der Waals surface area contributed by atoms with Gasteiger partial charge in [0, 0.05) is 0 Å². The van der Waals surface area contributed by atoms with Gasteiger partial charge in [-0.3, -0.25) is 0 Å². The molecule has 0 spiro atoms. The van der Waals surface area contributed by atoms with Crippen LogP contribution in [0.3, 0.4) is 0 Å². The summed E-state index contributed by atoms with van der Waals surface area (Å²) in [6.07, 6.45) is 0. The molecule has 0 radical (unpaired) electrons. The van der Waals surface area contributed by atoms with Crippen LogP contribution in [0.15, 0.2) is 48.5 Å². The Morgan fingerprint density at radius 2 is 1.14 bits per heavy atom. The van der Waals surface area contributed by atoms with Crippen molar-refractivity contribution in [2.24, 2.45) is 0 Å². The molecule has 0 unspecified atom stereocenters. The number of rotatable bonds is 6. The van der Waals surface area contributed by atoms with Gasteiger partial charge in [0.15, 0.2) is 0 Å². The molecule has 2 N–H and O–H groups in total. The number of amides is 2. The maximum atomic E-state index is 11.8. The first-order valence-electron chi connectivity index (χ1n) is 6.39. The molecular formula is C15H16N2O3Se2. The Morgan fingerprint density at radius 1 is 0.773 bits per heavy atom. The molecule has 2 amide bonds. The molecule has 2 rings (SSSR count). The molecule has 0 aromatic heterocycles. The van der Waals surface area contributed by atoms with Crippen LogP contribution in [0, 0.1) is 0 Å². The quantitative estimate of drug-likeness (QED) is 0.644. The van der Waals surface area contributed by atoms with E-state index in [0.29, 0.717) is 0 Å². The van der Waals surface area contributed by atoms with Gasteiger partial charge in [0.1, 0.15) is 0 Å². The van der Waals surface area contributed by atoms with Crippen LogP contribution >= 0.6 is 0 Å². The molecule has 7 heteroatoms. The summed E-state index contributed by atoms with van der Waals surface area (Å²) in [5.41, 5.74) is 0. The van der Waals surface area contributed by atoms with E-state index in [0.717, 1.165) is 20.4 Å². The molecule has 0 bridgehead atoms. The average Bonchev–Trinajstić information content (AvgIpc) is 2.59. The van der Waals surface area contributed by atoms with Gasteiger partial charge in [-0.2, -0.15) is 0 Å². The number of benzene rings is 2. The molecule has 0 heterocycles. The summed E-state index contributed by atoms with van der Waals surface area (Å²) in [4.78, 5) is 11.8. The maximum absolute atomic E-state index is 11.8. The van der Waals surface area contributed by atoms with Gasteiger partial charge in [-0.1, -0.05) is 0 Å². The zero-order chi connectivity index (χ0) is 15.8. The van der Waals surface area contributed by atoms with E-state index in [1.165, 1.54) is 0 Å². The molecule has 2 aromatic rings. The molecule has 0 saturated carbocycles. The summed E-state index contributed by atoms with van der Waals surface area (Å²) >= 11 is -0.210. The van der Waals surface area contributed by atoms with Crippen molar-refractivity contribution < 1.29 is 14.3 Å². The summed E-state index contributed by atoms with van der Waals surface area (Å²) in [6, 6.07) is 15.2. The predicted molar refractivity (Wildman–Crippen MR) is 88.4 cm³/mol. The van der Waals surface area contributed by atoms with Crippen molar-refractivity contribution in [1.29, 1.82) is 0 Å². The third-order valence-corrected chi connectivity index (χ3v) is 5.98. The van der Waals surface area contributed by atoms with Gasteiger partial charge >= 0.3 is 142 Å².